The predicted molar refractivity (Wildman–Crippen MR) is 143 cm³/mol. The zero-order valence-electron chi connectivity index (χ0n) is 20.7. The van der Waals surface area contributed by atoms with Gasteiger partial charge in [0.25, 0.3) is 0 Å². The number of likely N-dealkylation sites (N-methyl/N-ethyl adjacent to an activating group) is 1. The highest BCUT2D eigenvalue weighted by Crippen LogP contribution is 2.35. The number of hydrogen-bond donors (Lipinski definition) is 2. The first-order valence-electron chi connectivity index (χ1n) is 11.9. The Labute approximate surface area is 208 Å². The van der Waals surface area contributed by atoms with E-state index in [4.69, 9.17) is 4.74 Å². The fraction of sp³-hybridized carbons (Fsp3) is 0.233. The summed E-state index contributed by atoms with van der Waals surface area (Å²) in [5.41, 5.74) is 5.73. The number of benzene rings is 3. The summed E-state index contributed by atoms with van der Waals surface area (Å²) in [5, 5.41) is 13.0. The lowest BCUT2D eigenvalue weighted by atomic mass is 9.88. The Morgan fingerprint density at radius 3 is 2.14 bits per heavy atom. The molecule has 0 bridgehead atoms. The van der Waals surface area contributed by atoms with Gasteiger partial charge in [-0.15, -0.1) is 0 Å². The highest BCUT2D eigenvalue weighted by atomic mass is 16.5. The fourth-order valence-electron chi connectivity index (χ4n) is 3.76. The summed E-state index contributed by atoms with van der Waals surface area (Å²) in [4.78, 5) is 13.0. The second-order valence-corrected chi connectivity index (χ2v) is 8.33. The van der Waals surface area contributed by atoms with Crippen molar-refractivity contribution in [3.05, 3.63) is 108 Å². The molecule has 0 fully saturated rings. The van der Waals surface area contributed by atoms with Gasteiger partial charge in [-0.3, -0.25) is 4.79 Å². The SMILES string of the molecule is CC/C(=C(\c1ccc(O)cc1)c1ccc(OCCNC/C=C/C(=O)N(C)C)cc1)c1ccccc1. The molecular weight excluding hydrogens is 436 g/mol. The Kier molecular flexibility index (Phi) is 9.69. The van der Waals surface area contributed by atoms with Crippen LogP contribution in [0.2, 0.25) is 0 Å². The van der Waals surface area contributed by atoms with Crippen LogP contribution >= 0.6 is 0 Å². The summed E-state index contributed by atoms with van der Waals surface area (Å²) < 4.78 is 5.89. The summed E-state index contributed by atoms with van der Waals surface area (Å²) in [6.45, 7) is 3.98. The molecule has 182 valence electrons. The van der Waals surface area contributed by atoms with Gasteiger partial charge in [-0.1, -0.05) is 67.6 Å². The highest BCUT2D eigenvalue weighted by molar-refractivity contribution is 5.98. The van der Waals surface area contributed by atoms with Crippen molar-refractivity contribution < 1.29 is 14.6 Å². The minimum Gasteiger partial charge on any atom is -0.508 e. The van der Waals surface area contributed by atoms with Crippen LogP contribution in [-0.4, -0.2) is 49.7 Å². The molecule has 1 amide bonds. The normalized spacial score (nSPS) is 11.9. The second-order valence-electron chi connectivity index (χ2n) is 8.33. The molecule has 3 aromatic carbocycles. The summed E-state index contributed by atoms with van der Waals surface area (Å²) in [7, 11) is 3.46. The molecule has 2 N–H and O–H groups in total. The lowest BCUT2D eigenvalue weighted by Gasteiger charge is -2.17. The van der Waals surface area contributed by atoms with E-state index in [1.807, 2.05) is 36.4 Å². The average Bonchev–Trinajstić information content (AvgIpc) is 2.88. The molecule has 0 saturated heterocycles. The van der Waals surface area contributed by atoms with E-state index in [1.54, 1.807) is 32.3 Å². The van der Waals surface area contributed by atoms with Gasteiger partial charge >= 0.3 is 0 Å². The van der Waals surface area contributed by atoms with Crippen molar-refractivity contribution in [2.75, 3.05) is 33.8 Å². The van der Waals surface area contributed by atoms with Crippen molar-refractivity contribution in [2.45, 2.75) is 13.3 Å². The third kappa shape index (κ3) is 7.59. The van der Waals surface area contributed by atoms with Gasteiger partial charge in [-0.05, 0) is 58.5 Å². The quantitative estimate of drug-likeness (QED) is 0.225. The third-order valence-electron chi connectivity index (χ3n) is 5.59. The topological polar surface area (TPSA) is 61.8 Å². The van der Waals surface area contributed by atoms with Gasteiger partial charge in [0.05, 0.1) is 0 Å². The maximum atomic E-state index is 11.5. The number of carbonyl (C=O) groups is 1. The maximum Gasteiger partial charge on any atom is 0.245 e. The first kappa shape index (κ1) is 25.8. The molecule has 0 spiro atoms. The summed E-state index contributed by atoms with van der Waals surface area (Å²) in [6, 6.07) is 25.9. The van der Waals surface area contributed by atoms with E-state index in [0.29, 0.717) is 19.7 Å². The molecule has 35 heavy (non-hydrogen) atoms. The summed E-state index contributed by atoms with van der Waals surface area (Å²) in [5.74, 6) is 1.03. The largest absolute Gasteiger partial charge is 0.508 e. The zero-order valence-corrected chi connectivity index (χ0v) is 20.7. The summed E-state index contributed by atoms with van der Waals surface area (Å²) >= 11 is 0. The van der Waals surface area contributed by atoms with Crippen LogP contribution in [-0.2, 0) is 4.79 Å². The smallest absolute Gasteiger partial charge is 0.245 e. The van der Waals surface area contributed by atoms with E-state index in [9.17, 15) is 9.90 Å². The average molecular weight is 471 g/mol. The third-order valence-corrected chi connectivity index (χ3v) is 5.59. The van der Waals surface area contributed by atoms with Crippen LogP contribution in [0.15, 0.2) is 91.0 Å². The van der Waals surface area contributed by atoms with Crippen LogP contribution in [0.4, 0.5) is 0 Å². The minimum absolute atomic E-state index is 0.0256. The van der Waals surface area contributed by atoms with Gasteiger partial charge < -0.3 is 20.1 Å². The Balaban J connectivity index is 1.71. The number of allylic oxidation sites excluding steroid dienone is 1. The van der Waals surface area contributed by atoms with Crippen LogP contribution in [0.1, 0.15) is 30.0 Å². The molecule has 5 nitrogen and oxygen atoms in total. The van der Waals surface area contributed by atoms with E-state index in [0.717, 1.165) is 28.9 Å². The van der Waals surface area contributed by atoms with Crippen molar-refractivity contribution in [3.63, 3.8) is 0 Å². The van der Waals surface area contributed by atoms with Crippen molar-refractivity contribution in [3.8, 4) is 11.5 Å². The molecule has 0 unspecified atom stereocenters. The molecule has 0 aliphatic carbocycles. The molecule has 3 aromatic rings. The lowest BCUT2D eigenvalue weighted by Crippen LogP contribution is -2.22. The van der Waals surface area contributed by atoms with E-state index in [2.05, 4.69) is 48.6 Å². The monoisotopic (exact) mass is 470 g/mol. The zero-order chi connectivity index (χ0) is 25.0. The Bertz CT molecular complexity index is 1130. The molecule has 0 heterocycles. The number of aromatic hydroxyl groups is 1. The standard InChI is InChI=1S/C30H34N2O3/c1-4-28(23-9-6-5-7-10-23)30(24-12-16-26(33)17-13-24)25-14-18-27(19-15-25)35-22-21-31-20-8-11-29(34)32(2)3/h5-19,31,33H,4,20-22H2,1-3H3/b11-8+,30-28-. The Morgan fingerprint density at radius 2 is 1.54 bits per heavy atom. The summed E-state index contributed by atoms with van der Waals surface area (Å²) in [6.07, 6.45) is 4.25. The minimum atomic E-state index is -0.0256. The molecular formula is C30H34N2O3. The number of hydrogen-bond acceptors (Lipinski definition) is 4. The Morgan fingerprint density at radius 1 is 0.914 bits per heavy atom. The van der Waals surface area contributed by atoms with Gasteiger partial charge in [0.1, 0.15) is 18.1 Å². The van der Waals surface area contributed by atoms with Crippen molar-refractivity contribution >= 4 is 17.1 Å². The number of phenolic OH excluding ortho intramolecular Hbond substituents is 1. The van der Waals surface area contributed by atoms with E-state index < -0.39 is 0 Å². The van der Waals surface area contributed by atoms with Crippen molar-refractivity contribution in [1.82, 2.24) is 10.2 Å². The molecule has 0 saturated carbocycles. The molecule has 0 aliphatic heterocycles. The van der Waals surface area contributed by atoms with Crippen LogP contribution in [0.25, 0.3) is 11.1 Å². The number of rotatable bonds is 11. The molecule has 0 radical (unpaired) electrons. The number of phenols is 1. The number of nitrogens with zero attached hydrogens (tertiary/aromatic N) is 1. The maximum absolute atomic E-state index is 11.5. The van der Waals surface area contributed by atoms with E-state index in [-0.39, 0.29) is 11.7 Å². The fourth-order valence-corrected chi connectivity index (χ4v) is 3.76. The van der Waals surface area contributed by atoms with Crippen molar-refractivity contribution in [2.24, 2.45) is 0 Å². The molecule has 5 heteroatoms. The highest BCUT2D eigenvalue weighted by Gasteiger charge is 2.13. The van der Waals surface area contributed by atoms with Crippen LogP contribution in [0.3, 0.4) is 0 Å². The van der Waals surface area contributed by atoms with Gasteiger partial charge in [0.15, 0.2) is 0 Å². The molecule has 3 rings (SSSR count). The Hall–Kier alpha value is -3.83. The van der Waals surface area contributed by atoms with Gasteiger partial charge in [0, 0.05) is 33.3 Å². The molecule has 0 atom stereocenters. The predicted octanol–water partition coefficient (Wildman–Crippen LogP) is 5.37. The first-order valence-corrected chi connectivity index (χ1v) is 11.9. The first-order chi connectivity index (χ1) is 17.0. The number of nitrogens with one attached hydrogen (secondary N) is 1. The van der Waals surface area contributed by atoms with Gasteiger partial charge in [-0.25, -0.2) is 0 Å². The van der Waals surface area contributed by atoms with Gasteiger partial charge in [0.2, 0.25) is 5.91 Å². The number of carbonyl (C=O) groups excluding carboxylic acids is 1. The van der Waals surface area contributed by atoms with Crippen LogP contribution in [0.5, 0.6) is 11.5 Å². The van der Waals surface area contributed by atoms with E-state index >= 15 is 0 Å². The number of ether oxygens (including phenoxy) is 1. The van der Waals surface area contributed by atoms with Crippen LogP contribution < -0.4 is 10.1 Å². The second kappa shape index (κ2) is 13.2. The van der Waals surface area contributed by atoms with Crippen molar-refractivity contribution in [1.29, 1.82) is 0 Å². The lowest BCUT2D eigenvalue weighted by molar-refractivity contribution is -0.123. The van der Waals surface area contributed by atoms with Gasteiger partial charge in [-0.2, -0.15) is 0 Å². The van der Waals surface area contributed by atoms with E-state index in [1.165, 1.54) is 16.0 Å². The molecule has 0 aliphatic rings. The molecule has 0 aromatic heterocycles. The number of amides is 1. The van der Waals surface area contributed by atoms with Crippen LogP contribution in [0, 0.1) is 0 Å².